The maximum atomic E-state index is 13.3. The van der Waals surface area contributed by atoms with Crippen LogP contribution in [-0.4, -0.2) is 38.0 Å². The number of benzene rings is 1. The van der Waals surface area contributed by atoms with Gasteiger partial charge in [-0.1, -0.05) is 30.3 Å². The van der Waals surface area contributed by atoms with E-state index in [2.05, 4.69) is 15.3 Å². The van der Waals surface area contributed by atoms with Crippen LogP contribution in [0.4, 0.5) is 0 Å². The highest BCUT2D eigenvalue weighted by Crippen LogP contribution is 2.36. The Hall–Kier alpha value is -3.26. The summed E-state index contributed by atoms with van der Waals surface area (Å²) in [6.45, 7) is 3.73. The Bertz CT molecular complexity index is 1270. The van der Waals surface area contributed by atoms with Crippen LogP contribution in [0, 0.1) is 13.8 Å². The fourth-order valence-corrected chi connectivity index (χ4v) is 4.46. The molecule has 0 spiro atoms. The quantitative estimate of drug-likeness (QED) is 0.557. The number of nitrogens with one attached hydrogen (secondary N) is 1. The van der Waals surface area contributed by atoms with E-state index >= 15 is 0 Å². The summed E-state index contributed by atoms with van der Waals surface area (Å²) in [4.78, 5) is 18.1. The smallest absolute Gasteiger partial charge is 0.285 e. The molecule has 154 valence electrons. The lowest BCUT2D eigenvalue weighted by Gasteiger charge is -2.13. The molecule has 0 saturated heterocycles. The lowest BCUT2D eigenvalue weighted by atomic mass is 10.1. The van der Waals surface area contributed by atoms with E-state index in [0.29, 0.717) is 22.8 Å². The Balaban J connectivity index is 1.63. The van der Waals surface area contributed by atoms with Gasteiger partial charge in [-0.2, -0.15) is 0 Å². The second kappa shape index (κ2) is 7.21. The van der Waals surface area contributed by atoms with Gasteiger partial charge in [-0.3, -0.25) is 9.89 Å². The van der Waals surface area contributed by atoms with Crippen LogP contribution < -0.4 is 5.56 Å². The van der Waals surface area contributed by atoms with Gasteiger partial charge < -0.3 is 9.15 Å². The molecule has 5 rings (SSSR count). The van der Waals surface area contributed by atoms with E-state index < -0.39 is 0 Å². The maximum absolute atomic E-state index is 13.3. The molecule has 0 bridgehead atoms. The number of aryl methyl sites for hydroxylation is 2. The average Bonchev–Trinajstić information content (AvgIpc) is 3.46. The number of hydrogen-bond donors (Lipinski definition) is 1. The van der Waals surface area contributed by atoms with Gasteiger partial charge >= 0.3 is 0 Å². The van der Waals surface area contributed by atoms with Gasteiger partial charge in [-0.05, 0) is 38.7 Å². The molecular weight excluding hydrogens is 382 g/mol. The van der Waals surface area contributed by atoms with Crippen molar-refractivity contribution >= 4 is 5.65 Å². The van der Waals surface area contributed by atoms with Gasteiger partial charge in [0.25, 0.3) is 11.4 Å². The number of H-pyrrole nitrogens is 1. The van der Waals surface area contributed by atoms with Gasteiger partial charge in [0.2, 0.25) is 5.89 Å². The monoisotopic (exact) mass is 405 g/mol. The van der Waals surface area contributed by atoms with Gasteiger partial charge in [0.15, 0.2) is 5.65 Å². The van der Waals surface area contributed by atoms with Gasteiger partial charge in [-0.15, -0.1) is 10.2 Å². The van der Waals surface area contributed by atoms with Crippen LogP contribution >= 0.6 is 0 Å². The molecule has 3 heterocycles. The molecule has 1 aromatic carbocycles. The Labute approximate surface area is 172 Å². The Kier molecular flexibility index (Phi) is 4.51. The first-order chi connectivity index (χ1) is 14.6. The van der Waals surface area contributed by atoms with Crippen molar-refractivity contribution in [2.24, 2.45) is 0 Å². The third-order valence-corrected chi connectivity index (χ3v) is 5.93. The molecule has 1 N–H and O–H groups in total. The third-order valence-electron chi connectivity index (χ3n) is 5.93. The second-order valence-electron chi connectivity index (χ2n) is 7.77. The summed E-state index contributed by atoms with van der Waals surface area (Å²) in [5, 5.41) is 11.5. The minimum atomic E-state index is -0.257. The predicted octanol–water partition coefficient (Wildman–Crippen LogP) is 3.64. The molecule has 1 fully saturated rings. The van der Waals surface area contributed by atoms with Crippen molar-refractivity contribution in [1.82, 2.24) is 24.8 Å². The van der Waals surface area contributed by atoms with E-state index in [4.69, 9.17) is 14.1 Å². The maximum Gasteiger partial charge on any atom is 0.285 e. The van der Waals surface area contributed by atoms with E-state index in [-0.39, 0.29) is 23.5 Å². The summed E-state index contributed by atoms with van der Waals surface area (Å²) in [6.07, 6.45) is 3.03. The van der Waals surface area contributed by atoms with Crippen molar-refractivity contribution in [1.29, 1.82) is 0 Å². The number of rotatable bonds is 4. The minimum Gasteiger partial charge on any atom is -0.420 e. The van der Waals surface area contributed by atoms with Crippen LogP contribution in [0.2, 0.25) is 0 Å². The van der Waals surface area contributed by atoms with Crippen molar-refractivity contribution in [3.05, 3.63) is 58.0 Å². The number of ether oxygens (including phenoxy) is 1. The number of methoxy groups -OCH3 is 1. The highest BCUT2D eigenvalue weighted by Gasteiger charge is 2.33. The minimum absolute atomic E-state index is 0.0633. The summed E-state index contributed by atoms with van der Waals surface area (Å²) in [5.41, 5.74) is 3.97. The van der Waals surface area contributed by atoms with Crippen LogP contribution in [0.5, 0.6) is 0 Å². The van der Waals surface area contributed by atoms with Crippen molar-refractivity contribution in [3.63, 3.8) is 0 Å². The summed E-state index contributed by atoms with van der Waals surface area (Å²) in [6, 6.07) is 9.90. The Morgan fingerprint density at radius 3 is 2.70 bits per heavy atom. The van der Waals surface area contributed by atoms with E-state index in [1.807, 2.05) is 37.3 Å². The van der Waals surface area contributed by atoms with Crippen molar-refractivity contribution in [3.8, 4) is 22.6 Å². The van der Waals surface area contributed by atoms with Gasteiger partial charge in [0.05, 0.1) is 17.7 Å². The summed E-state index contributed by atoms with van der Waals surface area (Å²) in [7, 11) is 1.70. The Morgan fingerprint density at radius 2 is 1.93 bits per heavy atom. The molecule has 1 aliphatic carbocycles. The average molecular weight is 405 g/mol. The highest BCUT2D eigenvalue weighted by molar-refractivity contribution is 5.80. The zero-order chi connectivity index (χ0) is 20.8. The molecular formula is C22H23N5O3. The van der Waals surface area contributed by atoms with Crippen LogP contribution in [0.15, 0.2) is 39.5 Å². The first-order valence-electron chi connectivity index (χ1n) is 10.1. The number of hydrogen-bond acceptors (Lipinski definition) is 6. The van der Waals surface area contributed by atoms with Gasteiger partial charge in [0, 0.05) is 18.4 Å². The number of nitrogens with zero attached hydrogens (tertiary/aromatic N) is 4. The van der Waals surface area contributed by atoms with E-state index in [1.165, 1.54) is 4.52 Å². The molecule has 30 heavy (non-hydrogen) atoms. The molecule has 2 unspecified atom stereocenters. The zero-order valence-corrected chi connectivity index (χ0v) is 17.2. The second-order valence-corrected chi connectivity index (χ2v) is 7.77. The zero-order valence-electron chi connectivity index (χ0n) is 17.2. The normalized spacial score (nSPS) is 19.0. The van der Waals surface area contributed by atoms with Gasteiger partial charge in [-0.25, -0.2) is 9.50 Å². The molecule has 3 aromatic heterocycles. The van der Waals surface area contributed by atoms with Crippen LogP contribution in [0.1, 0.15) is 42.5 Å². The molecule has 8 heteroatoms. The molecule has 2 atom stereocenters. The molecule has 8 nitrogen and oxygen atoms in total. The molecule has 1 saturated carbocycles. The fourth-order valence-electron chi connectivity index (χ4n) is 4.46. The lowest BCUT2D eigenvalue weighted by Crippen LogP contribution is -2.19. The summed E-state index contributed by atoms with van der Waals surface area (Å²) >= 11 is 0. The molecule has 0 amide bonds. The van der Waals surface area contributed by atoms with E-state index in [1.54, 1.807) is 14.0 Å². The predicted molar refractivity (Wildman–Crippen MR) is 111 cm³/mol. The lowest BCUT2D eigenvalue weighted by molar-refractivity contribution is 0.0873. The van der Waals surface area contributed by atoms with Gasteiger partial charge in [0.1, 0.15) is 5.56 Å². The Morgan fingerprint density at radius 1 is 1.13 bits per heavy atom. The van der Waals surface area contributed by atoms with Crippen LogP contribution in [0.3, 0.4) is 0 Å². The fraction of sp³-hybridized carbons (Fsp3) is 0.364. The molecule has 4 aromatic rings. The van der Waals surface area contributed by atoms with Crippen LogP contribution in [0.25, 0.3) is 28.2 Å². The highest BCUT2D eigenvalue weighted by atomic mass is 16.5. The summed E-state index contributed by atoms with van der Waals surface area (Å²) in [5.74, 6) is 0.781. The molecule has 1 aliphatic rings. The molecule has 0 radical (unpaired) electrons. The van der Waals surface area contributed by atoms with Crippen molar-refractivity contribution in [2.45, 2.75) is 45.1 Å². The number of fused-ring (bicyclic) bond motifs is 1. The SMILES string of the molecule is COC1CCCC1c1nnc(-c2c(C)nc3c(-c4ccccc4)c(C)[nH]n3c2=O)o1. The number of aromatic nitrogens is 5. The standard InChI is InChI=1S/C22H23N5O3/c1-12-18(21-25-24-20(30-21)15-10-7-11-16(15)29-3)22(28)27-19(23-12)17(13(2)26-27)14-8-5-4-6-9-14/h4-6,8-9,15-16,26H,7,10-11H2,1-3H3. The van der Waals surface area contributed by atoms with Crippen LogP contribution in [-0.2, 0) is 4.74 Å². The topological polar surface area (TPSA) is 98.3 Å². The summed E-state index contributed by atoms with van der Waals surface area (Å²) < 4.78 is 12.9. The largest absolute Gasteiger partial charge is 0.420 e. The first kappa shape index (κ1) is 18.7. The van der Waals surface area contributed by atoms with Crippen molar-refractivity contribution in [2.75, 3.05) is 7.11 Å². The van der Waals surface area contributed by atoms with E-state index in [9.17, 15) is 4.79 Å². The van der Waals surface area contributed by atoms with E-state index in [0.717, 1.165) is 36.1 Å². The third kappa shape index (κ3) is 2.87. The molecule has 0 aliphatic heterocycles. The van der Waals surface area contributed by atoms with Crippen molar-refractivity contribution < 1.29 is 9.15 Å². The first-order valence-corrected chi connectivity index (χ1v) is 10.1. The number of aromatic amines is 1.